The summed E-state index contributed by atoms with van der Waals surface area (Å²) < 4.78 is 0. The highest BCUT2D eigenvalue weighted by atomic mass is 16.2. The molecule has 2 amide bonds. The maximum absolute atomic E-state index is 11.8. The molecule has 0 aliphatic carbocycles. The van der Waals surface area contributed by atoms with Gasteiger partial charge in [-0.15, -0.1) is 0 Å². The van der Waals surface area contributed by atoms with E-state index in [1.165, 1.54) is 0 Å². The molecule has 0 saturated carbocycles. The zero-order valence-electron chi connectivity index (χ0n) is 12.6. The van der Waals surface area contributed by atoms with Crippen molar-refractivity contribution in [1.82, 2.24) is 10.6 Å². The van der Waals surface area contributed by atoms with Gasteiger partial charge >= 0.3 is 0 Å². The van der Waals surface area contributed by atoms with Crippen LogP contribution < -0.4 is 10.6 Å². The molecule has 4 heteroatoms. The summed E-state index contributed by atoms with van der Waals surface area (Å²) in [4.78, 5) is 23.5. The second kappa shape index (κ2) is 7.98. The monoisotopic (exact) mass is 296 g/mol. The summed E-state index contributed by atoms with van der Waals surface area (Å²) >= 11 is 0. The van der Waals surface area contributed by atoms with Crippen molar-refractivity contribution in [3.8, 4) is 0 Å². The third kappa shape index (κ3) is 5.05. The summed E-state index contributed by atoms with van der Waals surface area (Å²) in [6, 6.07) is 17.3. The van der Waals surface area contributed by atoms with E-state index in [4.69, 9.17) is 0 Å². The van der Waals surface area contributed by atoms with Gasteiger partial charge in [-0.3, -0.25) is 9.59 Å². The van der Waals surface area contributed by atoms with Crippen LogP contribution in [0.25, 0.3) is 0 Å². The van der Waals surface area contributed by atoms with Gasteiger partial charge < -0.3 is 10.6 Å². The molecular formula is C18H20N2O2. The van der Waals surface area contributed by atoms with E-state index in [0.29, 0.717) is 6.54 Å². The molecule has 2 rings (SSSR count). The third-order valence-corrected chi connectivity index (χ3v) is 3.39. The second-order valence-corrected chi connectivity index (χ2v) is 5.14. The minimum Gasteiger partial charge on any atom is -0.350 e. The number of carbonyl (C=O) groups is 2. The summed E-state index contributed by atoms with van der Waals surface area (Å²) in [5.41, 5.74) is 3.14. The fourth-order valence-corrected chi connectivity index (χ4v) is 2.09. The predicted molar refractivity (Wildman–Crippen MR) is 86.2 cm³/mol. The minimum atomic E-state index is -0.190. The Morgan fingerprint density at radius 2 is 1.55 bits per heavy atom. The van der Waals surface area contributed by atoms with Gasteiger partial charge in [-0.05, 0) is 23.6 Å². The molecule has 114 valence electrons. The SMILES string of the molecule is Cc1ccccc1CNC(=O)CNC(=O)Cc1ccccc1. The molecule has 0 aliphatic rings. The van der Waals surface area contributed by atoms with Crippen LogP contribution in [0.1, 0.15) is 16.7 Å². The molecule has 0 aliphatic heterocycles. The van der Waals surface area contributed by atoms with Crippen LogP contribution in [0.3, 0.4) is 0 Å². The maximum Gasteiger partial charge on any atom is 0.239 e. The number of amides is 2. The van der Waals surface area contributed by atoms with Crippen LogP contribution in [0.2, 0.25) is 0 Å². The molecule has 0 spiro atoms. The predicted octanol–water partition coefficient (Wildman–Crippen LogP) is 1.97. The van der Waals surface area contributed by atoms with Crippen molar-refractivity contribution >= 4 is 11.8 Å². The molecule has 0 unspecified atom stereocenters. The van der Waals surface area contributed by atoms with E-state index in [1.807, 2.05) is 61.5 Å². The second-order valence-electron chi connectivity index (χ2n) is 5.14. The van der Waals surface area contributed by atoms with E-state index in [2.05, 4.69) is 10.6 Å². The van der Waals surface area contributed by atoms with E-state index in [9.17, 15) is 9.59 Å². The lowest BCUT2D eigenvalue weighted by molar-refractivity contribution is -0.125. The molecule has 0 fully saturated rings. The Hall–Kier alpha value is -2.62. The van der Waals surface area contributed by atoms with E-state index >= 15 is 0 Å². The minimum absolute atomic E-state index is 0.00243. The van der Waals surface area contributed by atoms with Crippen LogP contribution in [0.5, 0.6) is 0 Å². The number of rotatable bonds is 6. The summed E-state index contributed by atoms with van der Waals surface area (Å²) in [7, 11) is 0. The van der Waals surface area contributed by atoms with Crippen LogP contribution in [0.4, 0.5) is 0 Å². The first-order valence-electron chi connectivity index (χ1n) is 7.27. The number of aryl methyl sites for hydroxylation is 1. The molecule has 0 saturated heterocycles. The number of nitrogens with one attached hydrogen (secondary N) is 2. The van der Waals surface area contributed by atoms with Gasteiger partial charge in [0.2, 0.25) is 11.8 Å². The highest BCUT2D eigenvalue weighted by Gasteiger charge is 2.06. The Labute approximate surface area is 130 Å². The average molecular weight is 296 g/mol. The number of hydrogen-bond donors (Lipinski definition) is 2. The van der Waals surface area contributed by atoms with Crippen molar-refractivity contribution in [2.75, 3.05) is 6.54 Å². The maximum atomic E-state index is 11.8. The van der Waals surface area contributed by atoms with Crippen molar-refractivity contribution in [2.24, 2.45) is 0 Å². The largest absolute Gasteiger partial charge is 0.350 e. The van der Waals surface area contributed by atoms with Gasteiger partial charge in [-0.2, -0.15) is 0 Å². The fourth-order valence-electron chi connectivity index (χ4n) is 2.09. The zero-order valence-corrected chi connectivity index (χ0v) is 12.6. The van der Waals surface area contributed by atoms with Crippen molar-refractivity contribution < 1.29 is 9.59 Å². The Bertz CT molecular complexity index is 639. The lowest BCUT2D eigenvalue weighted by Crippen LogP contribution is -2.37. The van der Waals surface area contributed by atoms with E-state index in [-0.39, 0.29) is 24.8 Å². The molecule has 0 heterocycles. The number of carbonyl (C=O) groups excluding carboxylic acids is 2. The van der Waals surface area contributed by atoms with Crippen molar-refractivity contribution in [3.05, 3.63) is 71.3 Å². The third-order valence-electron chi connectivity index (χ3n) is 3.39. The van der Waals surface area contributed by atoms with Gasteiger partial charge in [0, 0.05) is 6.54 Å². The lowest BCUT2D eigenvalue weighted by Gasteiger charge is -2.09. The van der Waals surface area contributed by atoms with Crippen LogP contribution in [-0.4, -0.2) is 18.4 Å². The molecular weight excluding hydrogens is 276 g/mol. The summed E-state index contributed by atoms with van der Waals surface area (Å²) in [5.74, 6) is -0.345. The normalized spacial score (nSPS) is 10.0. The van der Waals surface area contributed by atoms with Gasteiger partial charge in [0.25, 0.3) is 0 Å². The number of benzene rings is 2. The zero-order chi connectivity index (χ0) is 15.8. The standard InChI is InChI=1S/C18H20N2O2/c1-14-7-5-6-10-16(14)12-19-18(22)13-20-17(21)11-15-8-3-2-4-9-15/h2-10H,11-13H2,1H3,(H,19,22)(H,20,21). The highest BCUT2D eigenvalue weighted by molar-refractivity contribution is 5.85. The Morgan fingerprint density at radius 1 is 0.864 bits per heavy atom. The van der Waals surface area contributed by atoms with Crippen molar-refractivity contribution in [3.63, 3.8) is 0 Å². The van der Waals surface area contributed by atoms with Gasteiger partial charge in [-0.25, -0.2) is 0 Å². The van der Waals surface area contributed by atoms with Crippen molar-refractivity contribution in [1.29, 1.82) is 0 Å². The Morgan fingerprint density at radius 3 is 2.27 bits per heavy atom. The quantitative estimate of drug-likeness (QED) is 0.856. The fraction of sp³-hybridized carbons (Fsp3) is 0.222. The highest BCUT2D eigenvalue weighted by Crippen LogP contribution is 2.05. The molecule has 0 atom stereocenters. The van der Waals surface area contributed by atoms with E-state index < -0.39 is 0 Å². The summed E-state index contributed by atoms with van der Waals surface area (Å²) in [5, 5.41) is 5.44. The van der Waals surface area contributed by atoms with Crippen LogP contribution in [-0.2, 0) is 22.6 Å². The molecule has 4 nitrogen and oxygen atoms in total. The molecule has 22 heavy (non-hydrogen) atoms. The van der Waals surface area contributed by atoms with Crippen molar-refractivity contribution in [2.45, 2.75) is 19.9 Å². The molecule has 0 bridgehead atoms. The molecule has 0 radical (unpaired) electrons. The lowest BCUT2D eigenvalue weighted by atomic mass is 10.1. The number of hydrogen-bond acceptors (Lipinski definition) is 2. The average Bonchev–Trinajstić information content (AvgIpc) is 2.53. The van der Waals surface area contributed by atoms with Gasteiger partial charge in [0.05, 0.1) is 13.0 Å². The van der Waals surface area contributed by atoms with Crippen LogP contribution in [0.15, 0.2) is 54.6 Å². The van der Waals surface area contributed by atoms with E-state index in [0.717, 1.165) is 16.7 Å². The Balaban J connectivity index is 1.71. The smallest absolute Gasteiger partial charge is 0.239 e. The Kier molecular flexibility index (Phi) is 5.72. The molecule has 2 aromatic rings. The summed E-state index contributed by atoms with van der Waals surface area (Å²) in [6.45, 7) is 2.47. The van der Waals surface area contributed by atoms with Crippen LogP contribution >= 0.6 is 0 Å². The topological polar surface area (TPSA) is 58.2 Å². The van der Waals surface area contributed by atoms with Crippen LogP contribution in [0, 0.1) is 6.92 Å². The first-order valence-corrected chi connectivity index (χ1v) is 7.27. The van der Waals surface area contributed by atoms with E-state index in [1.54, 1.807) is 0 Å². The first kappa shape index (κ1) is 15.8. The van der Waals surface area contributed by atoms with Gasteiger partial charge in [0.1, 0.15) is 0 Å². The molecule has 2 aromatic carbocycles. The molecule has 2 N–H and O–H groups in total. The van der Waals surface area contributed by atoms with Gasteiger partial charge in [-0.1, -0.05) is 54.6 Å². The molecule has 0 aromatic heterocycles. The summed E-state index contributed by atoms with van der Waals surface area (Å²) in [6.07, 6.45) is 0.284. The first-order chi connectivity index (χ1) is 10.6. The van der Waals surface area contributed by atoms with Gasteiger partial charge in [0.15, 0.2) is 0 Å².